The number of nitrogens with zero attached hydrogens (tertiary/aromatic N) is 2. The van der Waals surface area contributed by atoms with Crippen molar-refractivity contribution >= 4 is 21.6 Å². The first-order valence-corrected chi connectivity index (χ1v) is 6.99. The second-order valence-corrected chi connectivity index (χ2v) is 5.54. The molecule has 2 N–H and O–H groups in total. The molecule has 3 rings (SSSR count). The van der Waals surface area contributed by atoms with Crippen LogP contribution in [-0.4, -0.2) is 10.1 Å². The molecule has 0 aliphatic rings. The largest absolute Gasteiger partial charge is 0.398 e. The fourth-order valence-electron chi connectivity index (χ4n) is 2.11. The maximum atomic E-state index is 13.4. The van der Waals surface area contributed by atoms with Gasteiger partial charge in [0.2, 0.25) is 5.82 Å². The van der Waals surface area contributed by atoms with Gasteiger partial charge in [-0.15, -0.1) is 0 Å². The Hall–Kier alpha value is -2.21. The first-order valence-electron chi connectivity index (χ1n) is 6.20. The highest BCUT2D eigenvalue weighted by molar-refractivity contribution is 9.10. The molecule has 0 spiro atoms. The molecule has 0 fully saturated rings. The highest BCUT2D eigenvalue weighted by atomic mass is 79.9. The quantitative estimate of drug-likeness (QED) is 0.705. The minimum absolute atomic E-state index is 0.313. The summed E-state index contributed by atoms with van der Waals surface area (Å²) in [6.45, 7) is 1.91. The predicted molar refractivity (Wildman–Crippen MR) is 82.0 cm³/mol. The molecule has 1 heterocycles. The van der Waals surface area contributed by atoms with Crippen molar-refractivity contribution in [3.63, 3.8) is 0 Å². The second kappa shape index (κ2) is 5.29. The van der Waals surface area contributed by atoms with Gasteiger partial charge in [-0.3, -0.25) is 0 Å². The zero-order chi connectivity index (χ0) is 15.0. The average Bonchev–Trinajstić information content (AvgIpc) is 2.87. The number of hydrogen-bond donors (Lipinski definition) is 1. The van der Waals surface area contributed by atoms with Gasteiger partial charge in [-0.05, 0) is 36.8 Å². The highest BCUT2D eigenvalue weighted by Gasteiger charge is 2.15. The molecule has 2 aromatic carbocycles. The maximum Gasteiger partial charge on any atom is 0.260 e. The molecule has 6 heteroatoms. The van der Waals surface area contributed by atoms with Gasteiger partial charge in [0.15, 0.2) is 0 Å². The van der Waals surface area contributed by atoms with Gasteiger partial charge in [-0.2, -0.15) is 4.98 Å². The summed E-state index contributed by atoms with van der Waals surface area (Å²) in [7, 11) is 0. The van der Waals surface area contributed by atoms with Crippen molar-refractivity contribution in [1.29, 1.82) is 0 Å². The van der Waals surface area contributed by atoms with E-state index in [4.69, 9.17) is 10.3 Å². The summed E-state index contributed by atoms with van der Waals surface area (Å²) in [4.78, 5) is 4.31. The molecule has 0 atom stereocenters. The van der Waals surface area contributed by atoms with Crippen LogP contribution in [0.25, 0.3) is 22.8 Å². The predicted octanol–water partition coefficient (Wildman–Crippen LogP) is 4.20. The molecule has 0 saturated heterocycles. The fourth-order valence-corrected chi connectivity index (χ4v) is 2.57. The van der Waals surface area contributed by atoms with Gasteiger partial charge in [-0.25, -0.2) is 4.39 Å². The Kier molecular flexibility index (Phi) is 3.47. The summed E-state index contributed by atoms with van der Waals surface area (Å²) in [6, 6.07) is 9.97. The Morgan fingerprint density at radius 3 is 2.76 bits per heavy atom. The lowest BCUT2D eigenvalue weighted by Crippen LogP contribution is -1.92. The average molecular weight is 348 g/mol. The van der Waals surface area contributed by atoms with Crippen molar-refractivity contribution in [3.8, 4) is 22.8 Å². The smallest absolute Gasteiger partial charge is 0.260 e. The van der Waals surface area contributed by atoms with Crippen molar-refractivity contribution in [2.45, 2.75) is 6.92 Å². The first kappa shape index (κ1) is 13.8. The lowest BCUT2D eigenvalue weighted by Gasteiger charge is -2.03. The van der Waals surface area contributed by atoms with Gasteiger partial charge >= 0.3 is 0 Å². The van der Waals surface area contributed by atoms with E-state index in [9.17, 15) is 4.39 Å². The number of benzene rings is 2. The molecule has 4 nitrogen and oxygen atoms in total. The zero-order valence-electron chi connectivity index (χ0n) is 11.1. The van der Waals surface area contributed by atoms with Crippen LogP contribution in [0.1, 0.15) is 5.56 Å². The van der Waals surface area contributed by atoms with Crippen molar-refractivity contribution in [3.05, 3.63) is 52.3 Å². The molecule has 0 unspecified atom stereocenters. The Labute approximate surface area is 128 Å². The molecule has 0 amide bonds. The molecule has 3 aromatic rings. The Bertz CT molecular complexity index is 776. The fraction of sp³-hybridized carbons (Fsp3) is 0.0667. The summed E-state index contributed by atoms with van der Waals surface area (Å²) in [5, 5.41) is 3.90. The summed E-state index contributed by atoms with van der Waals surface area (Å²) < 4.78 is 19.3. The lowest BCUT2D eigenvalue weighted by atomic mass is 10.1. The summed E-state index contributed by atoms with van der Waals surface area (Å²) in [5.41, 5.74) is 8.68. The minimum Gasteiger partial charge on any atom is -0.398 e. The van der Waals surface area contributed by atoms with Crippen molar-refractivity contribution in [2.75, 3.05) is 5.73 Å². The minimum atomic E-state index is -0.374. The van der Waals surface area contributed by atoms with Crippen LogP contribution in [0.2, 0.25) is 0 Å². The van der Waals surface area contributed by atoms with Crippen LogP contribution in [0.15, 0.2) is 45.4 Å². The number of aryl methyl sites for hydroxylation is 1. The van der Waals surface area contributed by atoms with Crippen LogP contribution in [-0.2, 0) is 0 Å². The van der Waals surface area contributed by atoms with E-state index in [1.807, 2.05) is 19.1 Å². The van der Waals surface area contributed by atoms with Crippen LogP contribution in [0.5, 0.6) is 0 Å². The van der Waals surface area contributed by atoms with E-state index in [0.717, 1.165) is 5.56 Å². The monoisotopic (exact) mass is 347 g/mol. The van der Waals surface area contributed by atoms with E-state index >= 15 is 0 Å². The molecule has 1 aromatic heterocycles. The van der Waals surface area contributed by atoms with Gasteiger partial charge in [0.25, 0.3) is 5.89 Å². The first-order chi connectivity index (χ1) is 10.0. The molecular formula is C15H11BrFN3O. The van der Waals surface area contributed by atoms with Gasteiger partial charge in [0.1, 0.15) is 5.82 Å². The van der Waals surface area contributed by atoms with Crippen molar-refractivity contribution in [2.24, 2.45) is 0 Å². The van der Waals surface area contributed by atoms with Crippen molar-refractivity contribution in [1.82, 2.24) is 10.1 Å². The molecule has 0 saturated carbocycles. The van der Waals surface area contributed by atoms with Crippen LogP contribution in [0, 0.1) is 12.7 Å². The molecule has 0 bridgehead atoms. The van der Waals surface area contributed by atoms with Gasteiger partial charge in [-0.1, -0.05) is 33.2 Å². The number of aromatic nitrogens is 2. The molecule has 21 heavy (non-hydrogen) atoms. The van der Waals surface area contributed by atoms with Crippen LogP contribution < -0.4 is 5.73 Å². The standard InChI is InChI=1S/C15H11BrFN3O/c1-8-3-2-4-12(18)13(8)15-19-14(20-21-15)9-5-10(16)7-11(17)6-9/h2-7H,18H2,1H3. The second-order valence-electron chi connectivity index (χ2n) is 4.62. The molecular weight excluding hydrogens is 337 g/mol. The number of anilines is 1. The van der Waals surface area contributed by atoms with Crippen LogP contribution >= 0.6 is 15.9 Å². The summed E-state index contributed by atoms with van der Waals surface area (Å²) >= 11 is 3.24. The maximum absolute atomic E-state index is 13.4. The Balaban J connectivity index is 2.08. The van der Waals surface area contributed by atoms with Gasteiger partial charge < -0.3 is 10.3 Å². The van der Waals surface area contributed by atoms with E-state index in [0.29, 0.717) is 33.0 Å². The van der Waals surface area contributed by atoms with E-state index in [1.54, 1.807) is 12.1 Å². The van der Waals surface area contributed by atoms with E-state index < -0.39 is 0 Å². The summed E-state index contributed by atoms with van der Waals surface area (Å²) in [6.07, 6.45) is 0. The third kappa shape index (κ3) is 2.67. The zero-order valence-corrected chi connectivity index (χ0v) is 12.7. The van der Waals surface area contributed by atoms with Crippen molar-refractivity contribution < 1.29 is 8.91 Å². The normalized spacial score (nSPS) is 10.8. The van der Waals surface area contributed by atoms with Gasteiger partial charge in [0.05, 0.1) is 5.56 Å². The Morgan fingerprint density at radius 2 is 2.05 bits per heavy atom. The third-order valence-corrected chi connectivity index (χ3v) is 3.52. The van der Waals surface area contributed by atoms with Gasteiger partial charge in [0, 0.05) is 15.7 Å². The Morgan fingerprint density at radius 1 is 1.24 bits per heavy atom. The SMILES string of the molecule is Cc1cccc(N)c1-c1nc(-c2cc(F)cc(Br)c2)no1. The van der Waals surface area contributed by atoms with Crippen LogP contribution in [0.4, 0.5) is 10.1 Å². The third-order valence-electron chi connectivity index (χ3n) is 3.07. The number of hydrogen-bond acceptors (Lipinski definition) is 4. The van der Waals surface area contributed by atoms with E-state index in [1.165, 1.54) is 12.1 Å². The lowest BCUT2D eigenvalue weighted by molar-refractivity contribution is 0.432. The molecule has 0 aliphatic carbocycles. The number of nitrogens with two attached hydrogens (primary N) is 1. The topological polar surface area (TPSA) is 64.9 Å². The number of halogens is 2. The van der Waals surface area contributed by atoms with E-state index in [-0.39, 0.29) is 5.82 Å². The highest BCUT2D eigenvalue weighted by Crippen LogP contribution is 2.30. The molecule has 106 valence electrons. The summed E-state index contributed by atoms with van der Waals surface area (Å²) in [5.74, 6) is 0.259. The molecule has 0 aliphatic heterocycles. The van der Waals surface area contributed by atoms with Crippen LogP contribution in [0.3, 0.4) is 0 Å². The van der Waals surface area contributed by atoms with E-state index in [2.05, 4.69) is 26.1 Å². The number of rotatable bonds is 2. The number of nitrogen functional groups attached to an aromatic ring is 1. The molecule has 0 radical (unpaired) electrons.